The topological polar surface area (TPSA) is 45.3 Å². The lowest BCUT2D eigenvalue weighted by molar-refractivity contribution is -0.274. The van der Waals surface area contributed by atoms with Crippen LogP contribution in [-0.2, 0) is 6.42 Å². The maximum atomic E-state index is 13.5. The molecule has 4 nitrogen and oxygen atoms in total. The number of aromatic amines is 1. The largest absolute Gasteiger partial charge is 0.573 e. The van der Waals surface area contributed by atoms with Gasteiger partial charge in [0.2, 0.25) is 0 Å². The second-order valence-corrected chi connectivity index (χ2v) is 6.34. The van der Waals surface area contributed by atoms with Crippen LogP contribution in [0.25, 0.3) is 10.9 Å². The predicted molar refractivity (Wildman–Crippen MR) is 93.1 cm³/mol. The minimum Gasteiger partial charge on any atom is -0.404 e. The first-order chi connectivity index (χ1) is 12.7. The van der Waals surface area contributed by atoms with Gasteiger partial charge in [-0.2, -0.15) is 0 Å². The molecule has 1 N–H and O–H groups in total. The van der Waals surface area contributed by atoms with Crippen LogP contribution in [-0.4, -0.2) is 17.9 Å². The summed E-state index contributed by atoms with van der Waals surface area (Å²) < 4.78 is 55.7. The second-order valence-electron chi connectivity index (χ2n) is 6.34. The Labute approximate surface area is 151 Å². The molecule has 3 aromatic rings. The van der Waals surface area contributed by atoms with Crippen LogP contribution in [0.4, 0.5) is 28.9 Å². The Hall–Kier alpha value is -3.03. The van der Waals surface area contributed by atoms with E-state index in [2.05, 4.69) is 9.72 Å². The van der Waals surface area contributed by atoms with Crippen molar-refractivity contribution in [2.24, 2.45) is 0 Å². The molecule has 1 aliphatic rings. The summed E-state index contributed by atoms with van der Waals surface area (Å²) >= 11 is 0. The normalized spacial score (nSPS) is 13.9. The zero-order chi connectivity index (χ0) is 19.3. The average Bonchev–Trinajstić information content (AvgIpc) is 3.00. The lowest BCUT2D eigenvalue weighted by Gasteiger charge is -2.23. The molecule has 27 heavy (non-hydrogen) atoms. The van der Waals surface area contributed by atoms with Crippen LogP contribution < -0.4 is 15.2 Å². The summed E-state index contributed by atoms with van der Waals surface area (Å²) in [6.45, 7) is 2.21. The molecule has 0 aliphatic carbocycles. The van der Waals surface area contributed by atoms with Crippen molar-refractivity contribution in [3.05, 3.63) is 63.7 Å². The number of fused-ring (bicyclic) bond motifs is 3. The molecule has 0 unspecified atom stereocenters. The molecule has 1 aliphatic heterocycles. The number of halogens is 4. The van der Waals surface area contributed by atoms with Crippen LogP contribution in [0.5, 0.6) is 5.75 Å². The number of rotatable bonds is 2. The first-order valence-corrected chi connectivity index (χ1v) is 8.22. The van der Waals surface area contributed by atoms with Gasteiger partial charge in [0.1, 0.15) is 5.82 Å². The third-order valence-electron chi connectivity index (χ3n) is 4.61. The maximum Gasteiger partial charge on any atom is 0.573 e. The lowest BCUT2D eigenvalue weighted by atomic mass is 10.1. The number of aromatic nitrogens is 1. The summed E-state index contributed by atoms with van der Waals surface area (Å²) in [4.78, 5) is 16.8. The smallest absolute Gasteiger partial charge is 0.404 e. The fourth-order valence-electron chi connectivity index (χ4n) is 3.56. The van der Waals surface area contributed by atoms with Crippen LogP contribution in [0.2, 0.25) is 0 Å². The van der Waals surface area contributed by atoms with E-state index in [9.17, 15) is 22.4 Å². The molecule has 140 valence electrons. The standard InChI is InChI=1S/C19H14F4N2O2/c1-10-9-11(20)5-6-14(10)25-8-7-13-17(25)12-3-2-4-15(27-19(21,22)23)16(12)24-18(13)26/h2-6,9H,7-8H2,1H3,(H,24,26). The van der Waals surface area contributed by atoms with Crippen molar-refractivity contribution in [1.82, 2.24) is 4.98 Å². The zero-order valence-corrected chi connectivity index (χ0v) is 14.2. The Morgan fingerprint density at radius 1 is 1.19 bits per heavy atom. The van der Waals surface area contributed by atoms with E-state index in [4.69, 9.17) is 0 Å². The van der Waals surface area contributed by atoms with Crippen molar-refractivity contribution < 1.29 is 22.3 Å². The molecule has 0 spiro atoms. The highest BCUT2D eigenvalue weighted by atomic mass is 19.4. The number of benzene rings is 2. The van der Waals surface area contributed by atoms with Crippen molar-refractivity contribution in [3.63, 3.8) is 0 Å². The molecule has 0 saturated carbocycles. The van der Waals surface area contributed by atoms with Crippen LogP contribution >= 0.6 is 0 Å². The van der Waals surface area contributed by atoms with Gasteiger partial charge in [-0.15, -0.1) is 13.2 Å². The number of nitrogens with one attached hydrogen (secondary N) is 1. The molecule has 8 heteroatoms. The summed E-state index contributed by atoms with van der Waals surface area (Å²) in [6, 6.07) is 8.51. The highest BCUT2D eigenvalue weighted by Gasteiger charge is 2.33. The zero-order valence-electron chi connectivity index (χ0n) is 14.2. The Bertz CT molecular complexity index is 1110. The molecule has 0 radical (unpaired) electrons. The predicted octanol–water partition coefficient (Wildman–Crippen LogP) is 4.57. The van der Waals surface area contributed by atoms with Crippen molar-refractivity contribution in [3.8, 4) is 5.75 Å². The monoisotopic (exact) mass is 378 g/mol. The number of para-hydroxylation sites is 1. The van der Waals surface area contributed by atoms with Gasteiger partial charge in [0.05, 0.1) is 11.2 Å². The molecule has 1 aromatic heterocycles. The number of anilines is 2. The van der Waals surface area contributed by atoms with E-state index in [1.54, 1.807) is 19.1 Å². The van der Waals surface area contributed by atoms with Gasteiger partial charge in [-0.05, 0) is 43.2 Å². The molecular weight excluding hydrogens is 364 g/mol. The number of pyridine rings is 1. The maximum absolute atomic E-state index is 13.5. The van der Waals surface area contributed by atoms with Crippen LogP contribution in [0.15, 0.2) is 41.2 Å². The number of nitrogens with zero attached hydrogens (tertiary/aromatic N) is 1. The number of aryl methyl sites for hydroxylation is 1. The minimum absolute atomic E-state index is 0.0229. The Morgan fingerprint density at radius 3 is 2.67 bits per heavy atom. The molecule has 4 rings (SSSR count). The van der Waals surface area contributed by atoms with Gasteiger partial charge in [0.25, 0.3) is 5.56 Å². The number of ether oxygens (including phenoxy) is 1. The van der Waals surface area contributed by atoms with Crippen LogP contribution in [0.3, 0.4) is 0 Å². The fourth-order valence-corrected chi connectivity index (χ4v) is 3.56. The molecule has 0 atom stereocenters. The van der Waals surface area contributed by atoms with Gasteiger partial charge in [0, 0.05) is 23.2 Å². The van der Waals surface area contributed by atoms with E-state index in [1.165, 1.54) is 18.2 Å². The van der Waals surface area contributed by atoms with Gasteiger partial charge in [-0.1, -0.05) is 12.1 Å². The Kier molecular flexibility index (Phi) is 3.87. The fraction of sp³-hybridized carbons (Fsp3) is 0.211. The van der Waals surface area contributed by atoms with E-state index >= 15 is 0 Å². The van der Waals surface area contributed by atoms with Gasteiger partial charge < -0.3 is 14.6 Å². The molecule has 2 aromatic carbocycles. The van der Waals surface area contributed by atoms with E-state index in [0.717, 1.165) is 6.07 Å². The summed E-state index contributed by atoms with van der Waals surface area (Å²) in [5.74, 6) is -0.852. The highest BCUT2D eigenvalue weighted by molar-refractivity contribution is 5.99. The first kappa shape index (κ1) is 17.4. The molecule has 0 amide bonds. The number of H-pyrrole nitrogens is 1. The van der Waals surface area contributed by atoms with Crippen LogP contribution in [0.1, 0.15) is 11.1 Å². The molecule has 0 bridgehead atoms. The Morgan fingerprint density at radius 2 is 1.96 bits per heavy atom. The average molecular weight is 378 g/mol. The molecule has 0 fully saturated rings. The van der Waals surface area contributed by atoms with E-state index in [0.29, 0.717) is 40.9 Å². The third-order valence-corrected chi connectivity index (χ3v) is 4.61. The van der Waals surface area contributed by atoms with E-state index in [-0.39, 0.29) is 11.3 Å². The number of hydrogen-bond acceptors (Lipinski definition) is 3. The number of alkyl halides is 3. The van der Waals surface area contributed by atoms with Crippen LogP contribution in [0, 0.1) is 12.7 Å². The van der Waals surface area contributed by atoms with Crippen molar-refractivity contribution >= 4 is 22.3 Å². The summed E-state index contributed by atoms with van der Waals surface area (Å²) in [6.07, 6.45) is -4.45. The van der Waals surface area contributed by atoms with E-state index < -0.39 is 17.7 Å². The quantitative estimate of drug-likeness (QED) is 0.665. The summed E-state index contributed by atoms with van der Waals surface area (Å²) in [7, 11) is 0. The first-order valence-electron chi connectivity index (χ1n) is 8.22. The second kappa shape index (κ2) is 6.00. The SMILES string of the molecule is Cc1cc(F)ccc1N1CCc2c1c1cccc(OC(F)(F)F)c1[nH]c2=O. The van der Waals surface area contributed by atoms with Gasteiger partial charge in [-0.25, -0.2) is 4.39 Å². The van der Waals surface area contributed by atoms with Gasteiger partial charge >= 0.3 is 6.36 Å². The van der Waals surface area contributed by atoms with Gasteiger partial charge in [-0.3, -0.25) is 4.79 Å². The lowest BCUT2D eigenvalue weighted by Crippen LogP contribution is -2.19. The molecular formula is C19H14F4N2O2. The molecule has 0 saturated heterocycles. The van der Waals surface area contributed by atoms with Crippen molar-refractivity contribution in [2.75, 3.05) is 11.4 Å². The van der Waals surface area contributed by atoms with Gasteiger partial charge in [0.15, 0.2) is 5.75 Å². The van der Waals surface area contributed by atoms with Crippen molar-refractivity contribution in [2.45, 2.75) is 19.7 Å². The van der Waals surface area contributed by atoms with E-state index in [1.807, 2.05) is 4.90 Å². The summed E-state index contributed by atoms with van der Waals surface area (Å²) in [5.41, 5.74) is 1.89. The summed E-state index contributed by atoms with van der Waals surface area (Å²) in [5, 5.41) is 0.438. The van der Waals surface area contributed by atoms with Crippen molar-refractivity contribution in [1.29, 1.82) is 0 Å². The third kappa shape index (κ3) is 3.01. The number of hydrogen-bond donors (Lipinski definition) is 1. The Balaban J connectivity index is 1.95. The highest BCUT2D eigenvalue weighted by Crippen LogP contribution is 2.41. The minimum atomic E-state index is -4.88. The molecule has 2 heterocycles.